The molecule has 0 heterocycles. The lowest BCUT2D eigenvalue weighted by Gasteiger charge is -2.14. The lowest BCUT2D eigenvalue weighted by atomic mass is 10.3. The molecular formula is C11H23N3O2. The van der Waals surface area contributed by atoms with Crippen LogP contribution in [0.15, 0.2) is 0 Å². The fourth-order valence-corrected chi connectivity index (χ4v) is 1.09. The van der Waals surface area contributed by atoms with Crippen LogP contribution in [0.2, 0.25) is 0 Å². The molecule has 0 bridgehead atoms. The van der Waals surface area contributed by atoms with Gasteiger partial charge in [0.05, 0.1) is 0 Å². The molecule has 0 radical (unpaired) electrons. The van der Waals surface area contributed by atoms with E-state index in [0.717, 1.165) is 19.3 Å². The molecule has 5 heteroatoms. The molecule has 1 atom stereocenters. The molecule has 0 saturated heterocycles. The maximum atomic E-state index is 11.4. The Bertz CT molecular complexity index is 219. The monoisotopic (exact) mass is 229 g/mol. The summed E-state index contributed by atoms with van der Waals surface area (Å²) in [6.07, 6.45) is 2.87. The molecule has 0 aliphatic heterocycles. The number of hydrogen-bond donors (Lipinski definition) is 3. The number of rotatable bonds is 7. The van der Waals surface area contributed by atoms with Crippen molar-refractivity contribution in [2.45, 2.75) is 46.1 Å². The van der Waals surface area contributed by atoms with Crippen molar-refractivity contribution in [2.24, 2.45) is 0 Å². The van der Waals surface area contributed by atoms with Gasteiger partial charge in [-0.3, -0.25) is 4.79 Å². The van der Waals surface area contributed by atoms with Crippen molar-refractivity contribution in [2.75, 3.05) is 13.1 Å². The average molecular weight is 229 g/mol. The first kappa shape index (κ1) is 14.7. The third-order valence-electron chi connectivity index (χ3n) is 2.11. The second-order valence-corrected chi connectivity index (χ2v) is 3.77. The van der Waals surface area contributed by atoms with Crippen LogP contribution in [0.1, 0.15) is 40.0 Å². The zero-order valence-electron chi connectivity index (χ0n) is 10.4. The minimum absolute atomic E-state index is 0.146. The zero-order chi connectivity index (χ0) is 12.4. The van der Waals surface area contributed by atoms with Gasteiger partial charge in [0.25, 0.3) is 0 Å². The predicted molar refractivity (Wildman–Crippen MR) is 64.2 cm³/mol. The SMILES string of the molecule is CCCCNC(=O)NC(C)C(=O)NCCC. The summed E-state index contributed by atoms with van der Waals surface area (Å²) in [6, 6.07) is -0.777. The molecule has 0 spiro atoms. The summed E-state index contributed by atoms with van der Waals surface area (Å²) in [7, 11) is 0. The Hall–Kier alpha value is -1.26. The highest BCUT2D eigenvalue weighted by atomic mass is 16.2. The van der Waals surface area contributed by atoms with Gasteiger partial charge in [0.1, 0.15) is 6.04 Å². The average Bonchev–Trinajstić information content (AvgIpc) is 2.26. The van der Waals surface area contributed by atoms with Gasteiger partial charge in [-0.25, -0.2) is 4.79 Å². The van der Waals surface area contributed by atoms with Crippen LogP contribution in [0.4, 0.5) is 4.79 Å². The molecule has 94 valence electrons. The van der Waals surface area contributed by atoms with Crippen molar-refractivity contribution in [3.63, 3.8) is 0 Å². The Morgan fingerprint density at radius 1 is 1.06 bits per heavy atom. The molecule has 0 aromatic rings. The fourth-order valence-electron chi connectivity index (χ4n) is 1.09. The maximum Gasteiger partial charge on any atom is 0.315 e. The number of carbonyl (C=O) groups is 2. The van der Waals surface area contributed by atoms with Gasteiger partial charge < -0.3 is 16.0 Å². The van der Waals surface area contributed by atoms with E-state index in [0.29, 0.717) is 13.1 Å². The van der Waals surface area contributed by atoms with E-state index in [1.54, 1.807) is 6.92 Å². The summed E-state index contributed by atoms with van der Waals surface area (Å²) in [6.45, 7) is 6.99. The van der Waals surface area contributed by atoms with E-state index in [-0.39, 0.29) is 11.9 Å². The molecule has 3 N–H and O–H groups in total. The highest BCUT2D eigenvalue weighted by Gasteiger charge is 2.13. The fraction of sp³-hybridized carbons (Fsp3) is 0.818. The lowest BCUT2D eigenvalue weighted by molar-refractivity contribution is -0.122. The van der Waals surface area contributed by atoms with Gasteiger partial charge in [0.2, 0.25) is 5.91 Å². The van der Waals surface area contributed by atoms with Gasteiger partial charge in [-0.2, -0.15) is 0 Å². The van der Waals surface area contributed by atoms with Crippen LogP contribution in [0.5, 0.6) is 0 Å². The number of nitrogens with one attached hydrogen (secondary N) is 3. The number of unbranched alkanes of at least 4 members (excludes halogenated alkanes) is 1. The van der Waals surface area contributed by atoms with Crippen LogP contribution in [-0.4, -0.2) is 31.1 Å². The van der Waals surface area contributed by atoms with Gasteiger partial charge in [-0.15, -0.1) is 0 Å². The third-order valence-corrected chi connectivity index (χ3v) is 2.11. The van der Waals surface area contributed by atoms with Gasteiger partial charge in [0, 0.05) is 13.1 Å². The van der Waals surface area contributed by atoms with Crippen LogP contribution in [0.25, 0.3) is 0 Å². The Labute approximate surface area is 97.4 Å². The summed E-state index contributed by atoms with van der Waals surface area (Å²) in [4.78, 5) is 22.7. The van der Waals surface area contributed by atoms with Gasteiger partial charge in [-0.05, 0) is 19.8 Å². The zero-order valence-corrected chi connectivity index (χ0v) is 10.4. The predicted octanol–water partition coefficient (Wildman–Crippen LogP) is 1.00. The number of hydrogen-bond acceptors (Lipinski definition) is 2. The Morgan fingerprint density at radius 3 is 2.31 bits per heavy atom. The highest BCUT2D eigenvalue weighted by molar-refractivity contribution is 5.86. The Morgan fingerprint density at radius 2 is 1.75 bits per heavy atom. The summed E-state index contributed by atoms with van der Waals surface area (Å²) in [5.74, 6) is -0.146. The lowest BCUT2D eigenvalue weighted by Crippen LogP contribution is -2.48. The number of urea groups is 1. The normalized spacial score (nSPS) is 11.7. The quantitative estimate of drug-likeness (QED) is 0.570. The second-order valence-electron chi connectivity index (χ2n) is 3.77. The van der Waals surface area contributed by atoms with E-state index in [2.05, 4.69) is 22.9 Å². The van der Waals surface area contributed by atoms with Crippen molar-refractivity contribution < 1.29 is 9.59 Å². The van der Waals surface area contributed by atoms with E-state index < -0.39 is 6.04 Å². The molecule has 0 fully saturated rings. The van der Waals surface area contributed by atoms with E-state index in [1.165, 1.54) is 0 Å². The highest BCUT2D eigenvalue weighted by Crippen LogP contribution is 1.85. The molecule has 0 aromatic heterocycles. The molecule has 5 nitrogen and oxygen atoms in total. The summed E-state index contributed by atoms with van der Waals surface area (Å²) < 4.78 is 0. The second kappa shape index (κ2) is 9.00. The summed E-state index contributed by atoms with van der Waals surface area (Å²) in [5.41, 5.74) is 0. The first-order chi connectivity index (χ1) is 7.61. The summed E-state index contributed by atoms with van der Waals surface area (Å²) in [5, 5.41) is 8.00. The van der Waals surface area contributed by atoms with E-state index in [9.17, 15) is 9.59 Å². The van der Waals surface area contributed by atoms with Crippen LogP contribution >= 0.6 is 0 Å². The topological polar surface area (TPSA) is 70.2 Å². The molecule has 1 unspecified atom stereocenters. The molecule has 0 aliphatic carbocycles. The van der Waals surface area contributed by atoms with Crippen molar-refractivity contribution in [1.29, 1.82) is 0 Å². The van der Waals surface area contributed by atoms with E-state index in [1.807, 2.05) is 6.92 Å². The minimum atomic E-state index is -0.492. The van der Waals surface area contributed by atoms with Crippen molar-refractivity contribution in [3.05, 3.63) is 0 Å². The van der Waals surface area contributed by atoms with Crippen LogP contribution in [0.3, 0.4) is 0 Å². The van der Waals surface area contributed by atoms with Gasteiger partial charge in [0.15, 0.2) is 0 Å². The molecule has 0 saturated carbocycles. The van der Waals surface area contributed by atoms with E-state index in [4.69, 9.17) is 0 Å². The van der Waals surface area contributed by atoms with Crippen molar-refractivity contribution >= 4 is 11.9 Å². The Kier molecular flexibility index (Phi) is 8.29. The minimum Gasteiger partial charge on any atom is -0.354 e. The van der Waals surface area contributed by atoms with Gasteiger partial charge >= 0.3 is 6.03 Å². The van der Waals surface area contributed by atoms with E-state index >= 15 is 0 Å². The smallest absolute Gasteiger partial charge is 0.315 e. The molecule has 0 aromatic carbocycles. The molecule has 0 rings (SSSR count). The Balaban J connectivity index is 3.71. The maximum absolute atomic E-state index is 11.4. The first-order valence-corrected chi connectivity index (χ1v) is 5.93. The third kappa shape index (κ3) is 7.09. The first-order valence-electron chi connectivity index (χ1n) is 5.93. The number of carbonyl (C=O) groups excluding carboxylic acids is 2. The molecule has 0 aliphatic rings. The van der Waals surface area contributed by atoms with Crippen LogP contribution < -0.4 is 16.0 Å². The standard InChI is InChI=1S/C11H23N3O2/c1-4-6-8-13-11(16)14-9(3)10(15)12-7-5-2/h9H,4-8H2,1-3H3,(H,12,15)(H2,13,14,16). The molecular weight excluding hydrogens is 206 g/mol. The molecule has 3 amide bonds. The molecule has 16 heavy (non-hydrogen) atoms. The van der Waals surface area contributed by atoms with Crippen LogP contribution in [0, 0.1) is 0 Å². The largest absolute Gasteiger partial charge is 0.354 e. The van der Waals surface area contributed by atoms with Crippen molar-refractivity contribution in [1.82, 2.24) is 16.0 Å². The van der Waals surface area contributed by atoms with Gasteiger partial charge in [-0.1, -0.05) is 20.3 Å². The summed E-state index contributed by atoms with van der Waals surface area (Å²) >= 11 is 0. The number of amides is 3. The van der Waals surface area contributed by atoms with Crippen LogP contribution in [-0.2, 0) is 4.79 Å². The van der Waals surface area contributed by atoms with Crippen molar-refractivity contribution in [3.8, 4) is 0 Å².